The number of para-hydroxylation sites is 3. The third-order valence-corrected chi connectivity index (χ3v) is 4.03. The number of nitrogens with zero attached hydrogens (tertiary/aromatic N) is 2. The van der Waals surface area contributed by atoms with Crippen LogP contribution >= 0.6 is 0 Å². The number of anilines is 1. The Morgan fingerprint density at radius 2 is 1.96 bits per heavy atom. The maximum atomic E-state index is 12.5. The van der Waals surface area contributed by atoms with E-state index in [4.69, 9.17) is 0 Å². The van der Waals surface area contributed by atoms with Crippen molar-refractivity contribution in [3.63, 3.8) is 0 Å². The Morgan fingerprint density at radius 3 is 2.74 bits per heavy atom. The molecule has 3 rings (SSSR count). The zero-order chi connectivity index (χ0) is 16.4. The van der Waals surface area contributed by atoms with E-state index < -0.39 is 0 Å². The lowest BCUT2D eigenvalue weighted by Gasteiger charge is -2.16. The van der Waals surface area contributed by atoms with Crippen LogP contribution in [0.3, 0.4) is 0 Å². The number of hydrogen-bond acceptors (Lipinski definition) is 2. The van der Waals surface area contributed by atoms with Crippen molar-refractivity contribution in [2.45, 2.75) is 33.2 Å². The molecular formula is C19H21N3O. The summed E-state index contributed by atoms with van der Waals surface area (Å²) in [5.41, 5.74) is 5.04. The molecule has 0 atom stereocenters. The number of fused-ring (bicyclic) bond motifs is 1. The van der Waals surface area contributed by atoms with Gasteiger partial charge in [-0.25, -0.2) is 4.98 Å². The molecule has 118 valence electrons. The number of benzene rings is 2. The van der Waals surface area contributed by atoms with Crippen LogP contribution in [0.5, 0.6) is 0 Å². The van der Waals surface area contributed by atoms with E-state index in [0.29, 0.717) is 5.92 Å². The van der Waals surface area contributed by atoms with Gasteiger partial charge >= 0.3 is 0 Å². The summed E-state index contributed by atoms with van der Waals surface area (Å²) in [6.07, 6.45) is 1.71. The van der Waals surface area contributed by atoms with Gasteiger partial charge in [-0.3, -0.25) is 4.79 Å². The van der Waals surface area contributed by atoms with Gasteiger partial charge in [0.05, 0.1) is 17.4 Å². The van der Waals surface area contributed by atoms with Gasteiger partial charge in [-0.15, -0.1) is 0 Å². The maximum absolute atomic E-state index is 12.5. The van der Waals surface area contributed by atoms with E-state index in [9.17, 15) is 4.79 Å². The van der Waals surface area contributed by atoms with Crippen LogP contribution in [0.2, 0.25) is 0 Å². The zero-order valence-electron chi connectivity index (χ0n) is 13.7. The molecule has 0 fully saturated rings. The van der Waals surface area contributed by atoms with Gasteiger partial charge < -0.3 is 9.88 Å². The Hall–Kier alpha value is -2.62. The van der Waals surface area contributed by atoms with Gasteiger partial charge in [0.25, 0.3) is 0 Å². The van der Waals surface area contributed by atoms with E-state index in [2.05, 4.69) is 30.2 Å². The third-order valence-electron chi connectivity index (χ3n) is 4.03. The number of rotatable bonds is 4. The number of nitrogens with one attached hydrogen (secondary N) is 1. The Balaban J connectivity index is 1.83. The third kappa shape index (κ3) is 3.11. The van der Waals surface area contributed by atoms with E-state index in [1.54, 1.807) is 6.33 Å². The van der Waals surface area contributed by atoms with Crippen molar-refractivity contribution in [2.24, 2.45) is 0 Å². The van der Waals surface area contributed by atoms with Gasteiger partial charge in [-0.2, -0.15) is 0 Å². The van der Waals surface area contributed by atoms with Crippen molar-refractivity contribution in [3.05, 3.63) is 59.9 Å². The van der Waals surface area contributed by atoms with Gasteiger partial charge in [0.1, 0.15) is 6.54 Å². The Labute approximate surface area is 136 Å². The molecule has 0 radical (unpaired) electrons. The van der Waals surface area contributed by atoms with E-state index >= 15 is 0 Å². The number of amides is 1. The quantitative estimate of drug-likeness (QED) is 0.788. The summed E-state index contributed by atoms with van der Waals surface area (Å²) in [5, 5.41) is 3.08. The van der Waals surface area contributed by atoms with Gasteiger partial charge in [0, 0.05) is 5.69 Å². The first-order valence-corrected chi connectivity index (χ1v) is 7.85. The normalized spacial score (nSPS) is 11.1. The second kappa shape index (κ2) is 6.24. The molecule has 1 aromatic heterocycles. The summed E-state index contributed by atoms with van der Waals surface area (Å²) < 4.78 is 1.87. The highest BCUT2D eigenvalue weighted by Gasteiger charge is 2.13. The van der Waals surface area contributed by atoms with E-state index in [0.717, 1.165) is 27.8 Å². The standard InChI is InChI=1S/C19H21N3O/c1-13(2)15-8-6-7-14(3)19(15)21-18(23)11-22-12-20-16-9-4-5-10-17(16)22/h4-10,12-13H,11H2,1-3H3,(H,21,23). The first-order valence-electron chi connectivity index (χ1n) is 7.85. The molecule has 1 heterocycles. The highest BCUT2D eigenvalue weighted by Crippen LogP contribution is 2.27. The van der Waals surface area contributed by atoms with Gasteiger partial charge in [-0.1, -0.05) is 44.2 Å². The fourth-order valence-electron chi connectivity index (χ4n) is 2.81. The predicted octanol–water partition coefficient (Wildman–Crippen LogP) is 4.11. The van der Waals surface area contributed by atoms with Crippen molar-refractivity contribution in [2.75, 3.05) is 5.32 Å². The van der Waals surface area contributed by atoms with Crippen molar-refractivity contribution in [1.82, 2.24) is 9.55 Å². The van der Waals surface area contributed by atoms with E-state index in [1.165, 1.54) is 0 Å². The van der Waals surface area contributed by atoms with E-state index in [-0.39, 0.29) is 12.5 Å². The summed E-state index contributed by atoms with van der Waals surface area (Å²) in [6, 6.07) is 13.9. The van der Waals surface area contributed by atoms with Crippen molar-refractivity contribution < 1.29 is 4.79 Å². The van der Waals surface area contributed by atoms with Crippen LogP contribution in [-0.2, 0) is 11.3 Å². The second-order valence-corrected chi connectivity index (χ2v) is 6.10. The topological polar surface area (TPSA) is 46.9 Å². The van der Waals surface area contributed by atoms with Crippen molar-refractivity contribution in [1.29, 1.82) is 0 Å². The fraction of sp³-hybridized carbons (Fsp3) is 0.263. The highest BCUT2D eigenvalue weighted by atomic mass is 16.1. The SMILES string of the molecule is Cc1cccc(C(C)C)c1NC(=O)Cn1cnc2ccccc21. The smallest absolute Gasteiger partial charge is 0.244 e. The Bertz CT molecular complexity index is 849. The van der Waals surface area contributed by atoms with Crippen molar-refractivity contribution in [3.8, 4) is 0 Å². The maximum Gasteiger partial charge on any atom is 0.244 e. The summed E-state index contributed by atoms with van der Waals surface area (Å²) >= 11 is 0. The van der Waals surface area contributed by atoms with Gasteiger partial charge in [-0.05, 0) is 36.1 Å². The first-order chi connectivity index (χ1) is 11.1. The molecule has 1 N–H and O–H groups in total. The number of aryl methyl sites for hydroxylation is 1. The van der Waals surface area contributed by atoms with Gasteiger partial charge in [0.2, 0.25) is 5.91 Å². The molecule has 0 aliphatic carbocycles. The molecule has 4 heteroatoms. The lowest BCUT2D eigenvalue weighted by Crippen LogP contribution is -2.20. The largest absolute Gasteiger partial charge is 0.324 e. The number of imidazole rings is 1. The van der Waals surface area contributed by atoms with Crippen molar-refractivity contribution >= 4 is 22.6 Å². The predicted molar refractivity (Wildman–Crippen MR) is 93.6 cm³/mol. The Kier molecular flexibility index (Phi) is 4.15. The van der Waals surface area contributed by atoms with Crippen LogP contribution in [-0.4, -0.2) is 15.5 Å². The molecule has 0 aliphatic heterocycles. The minimum absolute atomic E-state index is 0.0376. The highest BCUT2D eigenvalue weighted by molar-refractivity contribution is 5.93. The summed E-state index contributed by atoms with van der Waals surface area (Å²) in [5.74, 6) is 0.323. The molecule has 0 spiro atoms. The molecule has 0 unspecified atom stereocenters. The summed E-state index contributed by atoms with van der Waals surface area (Å²) in [6.45, 7) is 6.54. The van der Waals surface area contributed by atoms with Crippen LogP contribution in [0.25, 0.3) is 11.0 Å². The molecule has 3 aromatic rings. The minimum Gasteiger partial charge on any atom is -0.324 e. The van der Waals surface area contributed by atoms with Crippen LogP contribution in [0, 0.1) is 6.92 Å². The minimum atomic E-state index is -0.0376. The van der Waals surface area contributed by atoms with Crippen LogP contribution in [0.15, 0.2) is 48.8 Å². The fourth-order valence-corrected chi connectivity index (χ4v) is 2.81. The average molecular weight is 307 g/mol. The molecule has 1 amide bonds. The van der Waals surface area contributed by atoms with Crippen LogP contribution < -0.4 is 5.32 Å². The summed E-state index contributed by atoms with van der Waals surface area (Å²) in [4.78, 5) is 16.8. The van der Waals surface area contributed by atoms with E-state index in [1.807, 2.05) is 47.9 Å². The second-order valence-electron chi connectivity index (χ2n) is 6.10. The molecule has 0 aliphatic rings. The molecule has 4 nitrogen and oxygen atoms in total. The molecule has 23 heavy (non-hydrogen) atoms. The number of hydrogen-bond donors (Lipinski definition) is 1. The zero-order valence-corrected chi connectivity index (χ0v) is 13.7. The molecule has 0 bridgehead atoms. The number of carbonyl (C=O) groups excluding carboxylic acids is 1. The molecular weight excluding hydrogens is 286 g/mol. The molecule has 0 saturated heterocycles. The molecule has 2 aromatic carbocycles. The van der Waals surface area contributed by atoms with Gasteiger partial charge in [0.15, 0.2) is 0 Å². The molecule has 0 saturated carbocycles. The lowest BCUT2D eigenvalue weighted by atomic mass is 9.98. The first kappa shape index (κ1) is 15.3. The summed E-state index contributed by atoms with van der Waals surface area (Å²) in [7, 11) is 0. The lowest BCUT2D eigenvalue weighted by molar-refractivity contribution is -0.116. The van der Waals surface area contributed by atoms with Crippen LogP contribution in [0.4, 0.5) is 5.69 Å². The monoisotopic (exact) mass is 307 g/mol. The average Bonchev–Trinajstić information content (AvgIpc) is 2.92. The van der Waals surface area contributed by atoms with Crippen LogP contribution in [0.1, 0.15) is 30.9 Å². The Morgan fingerprint density at radius 1 is 1.17 bits per heavy atom. The number of carbonyl (C=O) groups is 1. The number of aromatic nitrogens is 2.